The van der Waals surface area contributed by atoms with Crippen molar-refractivity contribution in [3.05, 3.63) is 44.7 Å². The molecule has 0 radical (unpaired) electrons. The normalized spacial score (nSPS) is 22.2. The van der Waals surface area contributed by atoms with Gasteiger partial charge < -0.3 is 9.88 Å². The number of H-pyrrole nitrogens is 1. The molecule has 2 heterocycles. The van der Waals surface area contributed by atoms with E-state index in [4.69, 9.17) is 0 Å². The van der Waals surface area contributed by atoms with Crippen LogP contribution in [0.3, 0.4) is 0 Å². The van der Waals surface area contributed by atoms with Crippen LogP contribution in [0.2, 0.25) is 0 Å². The van der Waals surface area contributed by atoms with Gasteiger partial charge in [-0.15, -0.1) is 0 Å². The van der Waals surface area contributed by atoms with E-state index in [1.54, 1.807) is 4.90 Å². The van der Waals surface area contributed by atoms with Gasteiger partial charge in [0.25, 0.3) is 0 Å². The lowest BCUT2D eigenvalue weighted by atomic mass is 10.00. The Balaban J connectivity index is 2.08. The van der Waals surface area contributed by atoms with E-state index in [1.165, 1.54) is 25.8 Å². The fourth-order valence-electron chi connectivity index (χ4n) is 3.86. The second-order valence-corrected chi connectivity index (χ2v) is 7.04. The van der Waals surface area contributed by atoms with Crippen LogP contribution in [0.15, 0.2) is 16.9 Å². The summed E-state index contributed by atoms with van der Waals surface area (Å²) in [7, 11) is 0. The van der Waals surface area contributed by atoms with Crippen LogP contribution < -0.4 is 10.3 Å². The van der Waals surface area contributed by atoms with Gasteiger partial charge in [-0.2, -0.15) is 0 Å². The van der Waals surface area contributed by atoms with E-state index in [1.807, 2.05) is 13.0 Å². The molecule has 3 nitrogen and oxygen atoms in total. The minimum absolute atomic E-state index is 0.225. The predicted octanol–water partition coefficient (Wildman–Crippen LogP) is 2.41. The maximum absolute atomic E-state index is 13.0. The maximum atomic E-state index is 13.0. The number of piperidine rings is 1. The number of aromatic nitrogens is 1. The van der Waals surface area contributed by atoms with Crippen molar-refractivity contribution in [3.8, 4) is 0 Å². The number of fused-ring (bicyclic) bond motifs is 1. The molecule has 0 aliphatic carbocycles. The topological polar surface area (TPSA) is 37.3 Å². The van der Waals surface area contributed by atoms with E-state index in [0.717, 1.165) is 39.8 Å². The van der Waals surface area contributed by atoms with Crippen LogP contribution in [0.4, 0.5) is 0 Å². The van der Waals surface area contributed by atoms with Gasteiger partial charge in [0.15, 0.2) is 5.43 Å². The minimum Gasteiger partial charge on any atom is -0.358 e. The van der Waals surface area contributed by atoms with Crippen LogP contribution in [0.5, 0.6) is 0 Å². The summed E-state index contributed by atoms with van der Waals surface area (Å²) in [6.07, 6.45) is 3.89. The third-order valence-corrected chi connectivity index (χ3v) is 5.25. The summed E-state index contributed by atoms with van der Waals surface area (Å²) in [5.41, 5.74) is 5.54. The van der Waals surface area contributed by atoms with Crippen molar-refractivity contribution < 1.29 is 4.90 Å². The molecule has 118 valence electrons. The Morgan fingerprint density at radius 1 is 1.23 bits per heavy atom. The molecule has 1 saturated heterocycles. The molecule has 1 aromatic carbocycles. The Morgan fingerprint density at radius 2 is 2.00 bits per heavy atom. The molecule has 0 spiro atoms. The van der Waals surface area contributed by atoms with Crippen LogP contribution in [0.25, 0.3) is 10.9 Å². The lowest BCUT2D eigenvalue weighted by Crippen LogP contribution is -3.15. The first kappa shape index (κ1) is 15.3. The first-order valence-electron chi connectivity index (χ1n) is 8.44. The molecule has 22 heavy (non-hydrogen) atoms. The van der Waals surface area contributed by atoms with Gasteiger partial charge in [0.2, 0.25) is 0 Å². The molecule has 1 aliphatic rings. The largest absolute Gasteiger partial charge is 0.358 e. The third kappa shape index (κ3) is 2.70. The highest BCUT2D eigenvalue weighted by atomic mass is 16.1. The summed E-state index contributed by atoms with van der Waals surface area (Å²) in [4.78, 5) is 18.0. The number of benzene rings is 1. The van der Waals surface area contributed by atoms with E-state index in [2.05, 4.69) is 31.8 Å². The molecule has 2 aromatic rings. The van der Waals surface area contributed by atoms with Crippen LogP contribution in [0.1, 0.15) is 48.6 Å². The summed E-state index contributed by atoms with van der Waals surface area (Å²) in [6, 6.07) is 4.82. The number of aryl methyl sites for hydroxylation is 3. The van der Waals surface area contributed by atoms with Gasteiger partial charge in [-0.25, -0.2) is 0 Å². The van der Waals surface area contributed by atoms with Crippen molar-refractivity contribution in [3.63, 3.8) is 0 Å². The second kappa shape index (κ2) is 5.88. The Bertz CT molecular complexity index is 760. The molecule has 2 N–H and O–H groups in total. The molecule has 0 saturated carbocycles. The number of quaternary nitrogens is 1. The summed E-state index contributed by atoms with van der Waals surface area (Å²) < 4.78 is 0. The van der Waals surface area contributed by atoms with Gasteiger partial charge in [-0.3, -0.25) is 4.79 Å². The summed E-state index contributed by atoms with van der Waals surface area (Å²) in [6.45, 7) is 10.5. The number of hydrogen-bond donors (Lipinski definition) is 2. The molecule has 1 aliphatic heterocycles. The molecular formula is C19H27N2O+. The molecule has 0 bridgehead atoms. The molecule has 1 fully saturated rings. The highest BCUT2D eigenvalue weighted by molar-refractivity contribution is 5.83. The SMILES string of the molecule is Cc1cc(C)c2[nH]c(C)c(C[NH+]3CCCC[C@@H]3C)c(=O)c2c1. The highest BCUT2D eigenvalue weighted by Crippen LogP contribution is 2.17. The van der Waals surface area contributed by atoms with E-state index >= 15 is 0 Å². The van der Waals surface area contributed by atoms with Crippen LogP contribution >= 0.6 is 0 Å². The van der Waals surface area contributed by atoms with Crippen molar-refractivity contribution in [2.45, 2.75) is 59.5 Å². The van der Waals surface area contributed by atoms with Crippen molar-refractivity contribution in [2.75, 3.05) is 6.54 Å². The van der Waals surface area contributed by atoms with Gasteiger partial charge >= 0.3 is 0 Å². The van der Waals surface area contributed by atoms with Gasteiger partial charge in [0, 0.05) is 11.1 Å². The molecule has 3 heteroatoms. The smallest absolute Gasteiger partial charge is 0.198 e. The summed E-state index contributed by atoms with van der Waals surface area (Å²) in [5.74, 6) is 0. The average molecular weight is 299 g/mol. The van der Waals surface area contributed by atoms with E-state index < -0.39 is 0 Å². The number of aromatic amines is 1. The van der Waals surface area contributed by atoms with Crippen molar-refractivity contribution in [1.82, 2.24) is 4.98 Å². The fraction of sp³-hybridized carbons (Fsp3) is 0.526. The Hall–Kier alpha value is -1.61. The summed E-state index contributed by atoms with van der Waals surface area (Å²) in [5, 5.41) is 0.849. The fourth-order valence-corrected chi connectivity index (χ4v) is 3.86. The highest BCUT2D eigenvalue weighted by Gasteiger charge is 2.24. The third-order valence-electron chi connectivity index (χ3n) is 5.25. The zero-order valence-corrected chi connectivity index (χ0v) is 14.2. The molecule has 0 amide bonds. The number of hydrogen-bond acceptors (Lipinski definition) is 1. The van der Waals surface area contributed by atoms with Crippen molar-refractivity contribution in [1.29, 1.82) is 0 Å². The van der Waals surface area contributed by atoms with Crippen molar-refractivity contribution >= 4 is 10.9 Å². The molecular weight excluding hydrogens is 272 g/mol. The Morgan fingerprint density at radius 3 is 2.73 bits per heavy atom. The zero-order chi connectivity index (χ0) is 15.9. The lowest BCUT2D eigenvalue weighted by molar-refractivity contribution is -0.942. The van der Waals surface area contributed by atoms with E-state index in [-0.39, 0.29) is 5.43 Å². The molecule has 1 unspecified atom stereocenters. The van der Waals surface area contributed by atoms with Gasteiger partial charge in [-0.1, -0.05) is 6.07 Å². The predicted molar refractivity (Wildman–Crippen MR) is 91.6 cm³/mol. The number of nitrogens with one attached hydrogen (secondary N) is 2. The Kier molecular flexibility index (Phi) is 4.09. The van der Waals surface area contributed by atoms with E-state index in [0.29, 0.717) is 6.04 Å². The monoisotopic (exact) mass is 299 g/mol. The molecule has 2 atom stereocenters. The van der Waals surface area contributed by atoms with Gasteiger partial charge in [0.1, 0.15) is 6.54 Å². The van der Waals surface area contributed by atoms with Crippen LogP contribution in [-0.2, 0) is 6.54 Å². The zero-order valence-electron chi connectivity index (χ0n) is 14.2. The number of likely N-dealkylation sites (tertiary alicyclic amines) is 1. The lowest BCUT2D eigenvalue weighted by Gasteiger charge is -2.30. The van der Waals surface area contributed by atoms with Crippen LogP contribution in [-0.4, -0.2) is 17.6 Å². The maximum Gasteiger partial charge on any atom is 0.198 e. The quantitative estimate of drug-likeness (QED) is 0.878. The second-order valence-electron chi connectivity index (χ2n) is 7.04. The van der Waals surface area contributed by atoms with E-state index in [9.17, 15) is 4.79 Å². The standard InChI is InChI=1S/C19H26N2O/c1-12-9-13(2)18-16(10-12)19(22)17(15(4)20-18)11-21-8-6-5-7-14(21)3/h9-10,14H,5-8,11H2,1-4H3,(H,20,22)/p+1/t14-/m0/s1. The first-order chi connectivity index (χ1) is 10.5. The number of rotatable bonds is 2. The molecule has 3 rings (SSSR count). The Labute approximate surface area is 132 Å². The average Bonchev–Trinajstić information content (AvgIpc) is 2.47. The van der Waals surface area contributed by atoms with Crippen molar-refractivity contribution in [2.24, 2.45) is 0 Å². The molecule has 1 aromatic heterocycles. The minimum atomic E-state index is 0.225. The first-order valence-corrected chi connectivity index (χ1v) is 8.44. The van der Waals surface area contributed by atoms with Crippen LogP contribution in [0, 0.1) is 20.8 Å². The number of pyridine rings is 1. The summed E-state index contributed by atoms with van der Waals surface area (Å²) >= 11 is 0. The van der Waals surface area contributed by atoms with Gasteiger partial charge in [-0.05, 0) is 64.2 Å². The van der Waals surface area contributed by atoms with Gasteiger partial charge in [0.05, 0.1) is 23.7 Å².